The fourth-order valence-electron chi connectivity index (χ4n) is 4.00. The number of hydrogen-bond acceptors (Lipinski definition) is 9. The Bertz CT molecular complexity index is 1280. The molecule has 0 spiro atoms. The molecular weight excluding hydrogens is 550 g/mol. The topological polar surface area (TPSA) is 150 Å². The lowest BCUT2D eigenvalue weighted by Gasteiger charge is -2.32. The number of nitrogens with one attached hydrogen (secondary N) is 2. The van der Waals surface area contributed by atoms with Crippen molar-refractivity contribution in [1.82, 2.24) is 15.0 Å². The number of sulfonamides is 1. The molecule has 0 aliphatic heterocycles. The van der Waals surface area contributed by atoms with E-state index in [0.29, 0.717) is 26.2 Å². The van der Waals surface area contributed by atoms with Crippen molar-refractivity contribution in [2.45, 2.75) is 62.9 Å². The molecule has 13 heteroatoms. The molecular formula is C26H32ClN3O8S. The molecule has 3 rings (SSSR count). The average molecular weight is 582 g/mol. The summed E-state index contributed by atoms with van der Waals surface area (Å²) in [6.45, 7) is 5.20. The fraction of sp³-hybridized carbons (Fsp3) is 0.462. The van der Waals surface area contributed by atoms with Gasteiger partial charge >= 0.3 is 6.16 Å². The molecule has 1 fully saturated rings. The number of pyridine rings is 1. The van der Waals surface area contributed by atoms with Gasteiger partial charge in [-0.3, -0.25) is 9.59 Å². The zero-order chi connectivity index (χ0) is 28.5. The first kappa shape index (κ1) is 30.3. The maximum Gasteiger partial charge on any atom is 0.515 e. The van der Waals surface area contributed by atoms with E-state index >= 15 is 0 Å². The summed E-state index contributed by atoms with van der Waals surface area (Å²) in [4.78, 5) is 40.5. The second kappa shape index (κ2) is 13.7. The Kier molecular flexibility index (Phi) is 10.7. The minimum absolute atomic E-state index is 0.0993. The maximum absolute atomic E-state index is 12.8. The minimum atomic E-state index is -4.37. The van der Waals surface area contributed by atoms with Gasteiger partial charge in [-0.25, -0.2) is 22.9 Å². The Morgan fingerprint density at radius 2 is 1.77 bits per heavy atom. The zero-order valence-electron chi connectivity index (χ0n) is 21.8. The molecule has 0 radical (unpaired) electrons. The van der Waals surface area contributed by atoms with E-state index in [2.05, 4.69) is 10.3 Å². The van der Waals surface area contributed by atoms with Crippen LogP contribution in [0, 0.1) is 0 Å². The van der Waals surface area contributed by atoms with E-state index in [1.54, 1.807) is 0 Å². The Morgan fingerprint density at radius 3 is 2.41 bits per heavy atom. The van der Waals surface area contributed by atoms with E-state index in [4.69, 9.17) is 25.8 Å². The Labute approximate surface area is 232 Å². The largest absolute Gasteiger partial charge is 0.515 e. The molecule has 1 heterocycles. The van der Waals surface area contributed by atoms with Gasteiger partial charge in [0.25, 0.3) is 21.8 Å². The number of hydrogen-bond donors (Lipinski definition) is 2. The van der Waals surface area contributed by atoms with Crippen LogP contribution in [0.5, 0.6) is 5.88 Å². The van der Waals surface area contributed by atoms with Gasteiger partial charge < -0.3 is 19.5 Å². The summed E-state index contributed by atoms with van der Waals surface area (Å²) in [5.41, 5.74) is -0.522. The van der Waals surface area contributed by atoms with Crippen LogP contribution in [-0.2, 0) is 19.5 Å². The number of ether oxygens (including phenoxy) is 3. The van der Waals surface area contributed by atoms with Crippen molar-refractivity contribution in [1.29, 1.82) is 0 Å². The monoisotopic (exact) mass is 581 g/mol. The van der Waals surface area contributed by atoms with Crippen molar-refractivity contribution in [2.24, 2.45) is 0 Å². The molecule has 1 aromatic carbocycles. The van der Waals surface area contributed by atoms with Crippen LogP contribution in [0.15, 0.2) is 41.4 Å². The number of carbonyl (C=O) groups is 3. The molecule has 1 aliphatic carbocycles. The second-order valence-electron chi connectivity index (χ2n) is 9.24. The van der Waals surface area contributed by atoms with E-state index in [-0.39, 0.29) is 26.9 Å². The number of carbonyl (C=O) groups excluding carboxylic acids is 3. The molecule has 2 amide bonds. The molecule has 1 aromatic heterocycles. The van der Waals surface area contributed by atoms with E-state index < -0.39 is 33.6 Å². The number of halogens is 1. The first-order valence-electron chi connectivity index (χ1n) is 12.6. The van der Waals surface area contributed by atoms with Crippen molar-refractivity contribution < 1.29 is 37.0 Å². The predicted octanol–water partition coefficient (Wildman–Crippen LogP) is 4.25. The van der Waals surface area contributed by atoms with E-state index in [9.17, 15) is 22.8 Å². The third kappa shape index (κ3) is 8.91. The summed E-state index contributed by atoms with van der Waals surface area (Å²) in [5, 5.41) is 2.46. The van der Waals surface area contributed by atoms with E-state index in [1.807, 2.05) is 18.6 Å². The van der Waals surface area contributed by atoms with Gasteiger partial charge in [0.2, 0.25) is 5.88 Å². The fourth-order valence-corrected chi connectivity index (χ4v) is 5.52. The van der Waals surface area contributed by atoms with E-state index in [1.165, 1.54) is 24.3 Å². The van der Waals surface area contributed by atoms with Crippen LogP contribution in [0.1, 0.15) is 73.1 Å². The molecule has 2 N–H and O–H groups in total. The summed E-state index contributed by atoms with van der Waals surface area (Å²) in [7, 11) is -4.37. The highest BCUT2D eigenvalue weighted by atomic mass is 35.5. The third-order valence-electron chi connectivity index (χ3n) is 6.09. The number of amides is 2. The summed E-state index contributed by atoms with van der Waals surface area (Å²) < 4.78 is 43.2. The van der Waals surface area contributed by atoms with Gasteiger partial charge in [-0.1, -0.05) is 18.0 Å². The molecule has 2 aromatic rings. The molecule has 1 saturated carbocycles. The van der Waals surface area contributed by atoms with Crippen LogP contribution >= 0.6 is 11.6 Å². The van der Waals surface area contributed by atoms with Gasteiger partial charge in [-0.05, 0) is 70.2 Å². The predicted molar refractivity (Wildman–Crippen MR) is 142 cm³/mol. The Morgan fingerprint density at radius 1 is 1.05 bits per heavy atom. The number of rotatable bonds is 11. The number of aromatic nitrogens is 1. The van der Waals surface area contributed by atoms with Crippen molar-refractivity contribution >= 4 is 39.6 Å². The average Bonchev–Trinajstić information content (AvgIpc) is 2.88. The van der Waals surface area contributed by atoms with Crippen molar-refractivity contribution in [2.75, 3.05) is 19.8 Å². The molecule has 0 bridgehead atoms. The molecule has 0 atom stereocenters. The van der Waals surface area contributed by atoms with E-state index in [0.717, 1.165) is 44.4 Å². The van der Waals surface area contributed by atoms with Gasteiger partial charge in [-0.2, -0.15) is 0 Å². The van der Waals surface area contributed by atoms with Crippen molar-refractivity contribution in [3.63, 3.8) is 0 Å². The third-order valence-corrected chi connectivity index (χ3v) is 7.91. The summed E-state index contributed by atoms with van der Waals surface area (Å²) in [6, 6.07) is 6.15. The van der Waals surface area contributed by atoms with Gasteiger partial charge in [0.15, 0.2) is 0 Å². The van der Waals surface area contributed by atoms with Gasteiger partial charge in [0, 0.05) is 37.6 Å². The number of benzene rings is 1. The Hall–Kier alpha value is -3.22. The lowest BCUT2D eigenvalue weighted by molar-refractivity contribution is -0.0253. The molecule has 11 nitrogen and oxygen atoms in total. The lowest BCUT2D eigenvalue weighted by atomic mass is 9.86. The standard InChI is InChI=1S/C26H32ClN3O8S/c1-3-36-15-7-14-28-23(31)18-8-10-21(20(27)16-18)39(34,35)30-24(32)19-9-11-22(29-17-19)37-25(33)38-26(2)12-5-4-6-13-26/h8-11,16-17H,3-7,12-15H2,1-2H3,(H,28,31)(H,30,32). The molecule has 212 valence electrons. The van der Waals surface area contributed by atoms with Crippen LogP contribution < -0.4 is 14.8 Å². The van der Waals surface area contributed by atoms with Crippen LogP contribution in [0.2, 0.25) is 5.02 Å². The lowest BCUT2D eigenvalue weighted by Crippen LogP contribution is -2.35. The molecule has 0 saturated heterocycles. The van der Waals surface area contributed by atoms with Crippen molar-refractivity contribution in [3.05, 3.63) is 52.7 Å². The molecule has 1 aliphatic rings. The van der Waals surface area contributed by atoms with Crippen LogP contribution in [0.4, 0.5) is 4.79 Å². The smallest absolute Gasteiger partial charge is 0.428 e. The van der Waals surface area contributed by atoms with Gasteiger partial charge in [0.05, 0.1) is 10.6 Å². The first-order chi connectivity index (χ1) is 18.5. The summed E-state index contributed by atoms with van der Waals surface area (Å²) >= 11 is 6.14. The first-order valence-corrected chi connectivity index (χ1v) is 14.5. The molecule has 0 unspecified atom stereocenters. The van der Waals surface area contributed by atoms with Crippen LogP contribution in [0.3, 0.4) is 0 Å². The highest BCUT2D eigenvalue weighted by molar-refractivity contribution is 7.90. The minimum Gasteiger partial charge on any atom is -0.428 e. The SMILES string of the molecule is CCOCCCNC(=O)c1ccc(S(=O)(=O)NC(=O)c2ccc(OC(=O)OC3(C)CCCCC3)nc2)c(Cl)c1. The van der Waals surface area contributed by atoms with Gasteiger partial charge in [0.1, 0.15) is 10.5 Å². The van der Waals surface area contributed by atoms with Crippen LogP contribution in [0.25, 0.3) is 0 Å². The Balaban J connectivity index is 1.57. The zero-order valence-corrected chi connectivity index (χ0v) is 23.4. The summed E-state index contributed by atoms with van der Waals surface area (Å²) in [5.74, 6) is -1.50. The highest BCUT2D eigenvalue weighted by Gasteiger charge is 2.32. The quantitative estimate of drug-likeness (QED) is 0.293. The van der Waals surface area contributed by atoms with Gasteiger partial charge in [-0.15, -0.1) is 0 Å². The number of nitrogens with zero attached hydrogens (tertiary/aromatic N) is 1. The maximum atomic E-state index is 12.8. The van der Waals surface area contributed by atoms with Crippen molar-refractivity contribution in [3.8, 4) is 5.88 Å². The normalized spacial score (nSPS) is 14.7. The summed E-state index contributed by atoms with van der Waals surface area (Å²) in [6.07, 6.45) is 5.32. The molecule has 39 heavy (non-hydrogen) atoms. The second-order valence-corrected chi connectivity index (χ2v) is 11.3. The van der Waals surface area contributed by atoms with Crippen LogP contribution in [-0.4, -0.2) is 56.7 Å². The highest BCUT2D eigenvalue weighted by Crippen LogP contribution is 2.31.